The second kappa shape index (κ2) is 9.40. The number of benzene rings is 2. The van der Waals surface area contributed by atoms with Gasteiger partial charge in [0.15, 0.2) is 0 Å². The Morgan fingerprint density at radius 1 is 1.03 bits per heavy atom. The molecule has 2 N–H and O–H groups in total. The summed E-state index contributed by atoms with van der Waals surface area (Å²) in [4.78, 5) is 19.8. The Morgan fingerprint density at radius 3 is 2.38 bits per heavy atom. The van der Waals surface area contributed by atoms with Crippen molar-refractivity contribution in [3.63, 3.8) is 0 Å². The third kappa shape index (κ3) is 5.03. The van der Waals surface area contributed by atoms with Crippen LogP contribution in [0.25, 0.3) is 10.9 Å². The first-order valence-electron chi connectivity index (χ1n) is 11.2. The molecule has 1 amide bonds. The Morgan fingerprint density at radius 2 is 1.74 bits per heavy atom. The number of carboxylic acid groups (broad SMARTS) is 1. The van der Waals surface area contributed by atoms with Gasteiger partial charge in [0.2, 0.25) is 0 Å². The maximum absolute atomic E-state index is 13.1. The molecule has 1 aliphatic rings. The number of hydrogen-bond acceptors (Lipinski definition) is 4. The van der Waals surface area contributed by atoms with E-state index in [1.54, 1.807) is 0 Å². The molecule has 6 nitrogen and oxygen atoms in total. The number of halogens is 3. The van der Waals surface area contributed by atoms with Crippen molar-refractivity contribution in [3.05, 3.63) is 60.2 Å². The molecule has 3 aromatic rings. The standard InChI is InChI=1S/C25H27F3N4O2/c1-31(2)22-15-23(30-21-9-4-3-8-20(21)22)29-17-10-12-18(13-11-17)32(24(33)34)19-7-5-6-16(14-19)25(26,27)28/h3-9,14-15,17-18H,10-13H2,1-2H3,(H,29,30)(H,33,34)/t17-,18+. The van der Waals surface area contributed by atoms with Crippen molar-refractivity contribution < 1.29 is 23.1 Å². The molecule has 9 heteroatoms. The molecule has 34 heavy (non-hydrogen) atoms. The molecule has 0 spiro atoms. The highest BCUT2D eigenvalue weighted by Gasteiger charge is 2.34. The molecule has 0 aliphatic heterocycles. The summed E-state index contributed by atoms with van der Waals surface area (Å²) in [7, 11) is 3.95. The van der Waals surface area contributed by atoms with E-state index < -0.39 is 17.8 Å². The molecule has 1 heterocycles. The monoisotopic (exact) mass is 472 g/mol. The summed E-state index contributed by atoms with van der Waals surface area (Å²) in [5.41, 5.74) is 1.12. The van der Waals surface area contributed by atoms with E-state index in [4.69, 9.17) is 4.98 Å². The van der Waals surface area contributed by atoms with Crippen molar-refractivity contribution >= 4 is 34.2 Å². The minimum Gasteiger partial charge on any atom is -0.465 e. The van der Waals surface area contributed by atoms with E-state index in [1.807, 2.05) is 49.3 Å². The summed E-state index contributed by atoms with van der Waals surface area (Å²) in [5.74, 6) is 0.749. The third-order valence-electron chi connectivity index (χ3n) is 6.25. The van der Waals surface area contributed by atoms with Gasteiger partial charge >= 0.3 is 12.3 Å². The average Bonchev–Trinajstić information content (AvgIpc) is 2.79. The number of nitrogens with zero attached hydrogens (tertiary/aromatic N) is 3. The van der Waals surface area contributed by atoms with Crippen molar-refractivity contribution in [2.45, 2.75) is 43.9 Å². The molecule has 4 rings (SSSR count). The number of fused-ring (bicyclic) bond motifs is 1. The van der Waals surface area contributed by atoms with Crippen LogP contribution in [0.1, 0.15) is 31.2 Å². The Bertz CT molecular complexity index is 1170. The molecule has 1 aliphatic carbocycles. The van der Waals surface area contributed by atoms with Crippen molar-refractivity contribution in [2.75, 3.05) is 29.2 Å². The Balaban J connectivity index is 1.48. The van der Waals surface area contributed by atoms with Crippen LogP contribution in [0.2, 0.25) is 0 Å². The van der Waals surface area contributed by atoms with E-state index >= 15 is 0 Å². The lowest BCUT2D eigenvalue weighted by Crippen LogP contribution is -2.43. The van der Waals surface area contributed by atoms with Crippen LogP contribution in [0.15, 0.2) is 54.6 Å². The Hall–Kier alpha value is -3.49. The SMILES string of the molecule is CN(C)c1cc(N[C@H]2CC[C@@H](N(C(=O)O)c3cccc(C(F)(F)F)c3)CC2)nc2ccccc12. The van der Waals surface area contributed by atoms with Crippen LogP contribution in [0.5, 0.6) is 0 Å². The van der Waals surface area contributed by atoms with Gasteiger partial charge in [-0.05, 0) is 49.9 Å². The van der Waals surface area contributed by atoms with Crippen molar-refractivity contribution in [1.82, 2.24) is 4.98 Å². The quantitative estimate of drug-likeness (QED) is 0.461. The zero-order chi connectivity index (χ0) is 24.5. The van der Waals surface area contributed by atoms with Crippen LogP contribution >= 0.6 is 0 Å². The van der Waals surface area contributed by atoms with Gasteiger partial charge in [-0.3, -0.25) is 4.90 Å². The topological polar surface area (TPSA) is 68.7 Å². The summed E-state index contributed by atoms with van der Waals surface area (Å²) in [6, 6.07) is 14.1. The van der Waals surface area contributed by atoms with Gasteiger partial charge in [-0.2, -0.15) is 13.2 Å². The van der Waals surface area contributed by atoms with Gasteiger partial charge in [0.25, 0.3) is 0 Å². The van der Waals surface area contributed by atoms with Crippen LogP contribution in [0.4, 0.5) is 35.2 Å². The highest BCUT2D eigenvalue weighted by atomic mass is 19.4. The zero-order valence-electron chi connectivity index (χ0n) is 19.0. The number of alkyl halides is 3. The van der Waals surface area contributed by atoms with Gasteiger partial charge in [-0.1, -0.05) is 24.3 Å². The van der Waals surface area contributed by atoms with Crippen LogP contribution in [0, 0.1) is 0 Å². The van der Waals surface area contributed by atoms with Gasteiger partial charge in [0, 0.05) is 49.0 Å². The van der Waals surface area contributed by atoms with Crippen LogP contribution in [-0.2, 0) is 6.18 Å². The highest BCUT2D eigenvalue weighted by molar-refractivity contribution is 5.93. The fraction of sp³-hybridized carbons (Fsp3) is 0.360. The minimum atomic E-state index is -4.53. The number of rotatable bonds is 5. The first-order chi connectivity index (χ1) is 16.1. The first kappa shape index (κ1) is 23.7. The molecule has 180 valence electrons. The van der Waals surface area contributed by atoms with Crippen LogP contribution in [-0.4, -0.2) is 42.4 Å². The number of amides is 1. The van der Waals surface area contributed by atoms with Gasteiger partial charge in [0.05, 0.1) is 11.1 Å². The molecular weight excluding hydrogens is 445 g/mol. The molecule has 1 aromatic heterocycles. The van der Waals surface area contributed by atoms with E-state index in [0.717, 1.165) is 39.4 Å². The first-order valence-corrected chi connectivity index (χ1v) is 11.2. The van der Waals surface area contributed by atoms with Crippen molar-refractivity contribution in [3.8, 4) is 0 Å². The normalized spacial score (nSPS) is 18.5. The van der Waals surface area contributed by atoms with Crippen molar-refractivity contribution in [1.29, 1.82) is 0 Å². The lowest BCUT2D eigenvalue weighted by atomic mass is 9.90. The number of nitrogens with one attached hydrogen (secondary N) is 1. The highest BCUT2D eigenvalue weighted by Crippen LogP contribution is 2.35. The lowest BCUT2D eigenvalue weighted by molar-refractivity contribution is -0.137. The molecule has 0 atom stereocenters. The molecule has 1 fully saturated rings. The molecule has 2 aromatic carbocycles. The van der Waals surface area contributed by atoms with E-state index in [9.17, 15) is 23.1 Å². The maximum Gasteiger partial charge on any atom is 0.416 e. The molecular formula is C25H27F3N4O2. The van der Waals surface area contributed by atoms with Gasteiger partial charge in [0.1, 0.15) is 5.82 Å². The largest absolute Gasteiger partial charge is 0.465 e. The third-order valence-corrected chi connectivity index (χ3v) is 6.25. The molecule has 0 saturated heterocycles. The molecule has 0 bridgehead atoms. The number of aromatic nitrogens is 1. The summed E-state index contributed by atoms with van der Waals surface area (Å²) in [6.45, 7) is 0. The summed E-state index contributed by atoms with van der Waals surface area (Å²) in [6.07, 6.45) is -3.34. The number of pyridine rings is 1. The maximum atomic E-state index is 13.1. The van der Waals surface area contributed by atoms with E-state index in [2.05, 4.69) is 5.32 Å². The van der Waals surface area contributed by atoms with Gasteiger partial charge < -0.3 is 15.3 Å². The summed E-state index contributed by atoms with van der Waals surface area (Å²) in [5, 5.41) is 14.3. The fourth-order valence-electron chi connectivity index (χ4n) is 4.60. The second-order valence-electron chi connectivity index (χ2n) is 8.79. The Labute approximate surface area is 196 Å². The Kier molecular flexibility index (Phi) is 6.54. The summed E-state index contributed by atoms with van der Waals surface area (Å²) >= 11 is 0. The molecule has 0 radical (unpaired) electrons. The van der Waals surface area contributed by atoms with E-state index in [1.165, 1.54) is 12.1 Å². The smallest absolute Gasteiger partial charge is 0.416 e. The average molecular weight is 473 g/mol. The predicted molar refractivity (Wildman–Crippen MR) is 128 cm³/mol. The fourth-order valence-corrected chi connectivity index (χ4v) is 4.60. The van der Waals surface area contributed by atoms with Crippen LogP contribution < -0.4 is 15.1 Å². The second-order valence-corrected chi connectivity index (χ2v) is 8.79. The number of para-hydroxylation sites is 1. The molecule has 0 unspecified atom stereocenters. The summed E-state index contributed by atoms with van der Waals surface area (Å²) < 4.78 is 39.4. The van der Waals surface area contributed by atoms with E-state index in [-0.39, 0.29) is 17.8 Å². The number of anilines is 3. The van der Waals surface area contributed by atoms with Gasteiger partial charge in [-0.25, -0.2) is 9.78 Å². The van der Waals surface area contributed by atoms with Crippen molar-refractivity contribution in [2.24, 2.45) is 0 Å². The minimum absolute atomic E-state index is 0.0468. The molecule has 1 saturated carbocycles. The van der Waals surface area contributed by atoms with E-state index in [0.29, 0.717) is 25.7 Å². The van der Waals surface area contributed by atoms with Crippen LogP contribution in [0.3, 0.4) is 0 Å². The number of hydrogen-bond donors (Lipinski definition) is 2. The van der Waals surface area contributed by atoms with Gasteiger partial charge in [-0.15, -0.1) is 0 Å². The predicted octanol–water partition coefficient (Wildman–Crippen LogP) is 6.23. The number of carbonyl (C=O) groups is 1. The lowest BCUT2D eigenvalue weighted by Gasteiger charge is -2.36. The zero-order valence-corrected chi connectivity index (χ0v) is 19.0.